The number of ether oxygens (including phenoxy) is 1. The van der Waals surface area contributed by atoms with Gasteiger partial charge in [0.1, 0.15) is 11.4 Å². The van der Waals surface area contributed by atoms with Gasteiger partial charge in [0.05, 0.1) is 18.3 Å². The summed E-state index contributed by atoms with van der Waals surface area (Å²) >= 11 is 0. The van der Waals surface area contributed by atoms with Crippen LogP contribution in [0.1, 0.15) is 52.1 Å². The van der Waals surface area contributed by atoms with E-state index in [1.165, 1.54) is 5.56 Å². The van der Waals surface area contributed by atoms with E-state index in [2.05, 4.69) is 53.3 Å². The fraction of sp³-hybridized carbons (Fsp3) is 0.222. The van der Waals surface area contributed by atoms with Gasteiger partial charge in [0.25, 0.3) is 5.91 Å². The van der Waals surface area contributed by atoms with E-state index < -0.39 is 0 Å². The van der Waals surface area contributed by atoms with Crippen molar-refractivity contribution in [3.63, 3.8) is 0 Å². The number of aromatic amines is 1. The maximum atomic E-state index is 13.5. The number of nitrogens with zero attached hydrogens (tertiary/aromatic N) is 3. The highest BCUT2D eigenvalue weighted by atomic mass is 16.5. The average Bonchev–Trinajstić information content (AvgIpc) is 3.39. The zero-order valence-corrected chi connectivity index (χ0v) is 18.8. The van der Waals surface area contributed by atoms with Crippen LogP contribution in [-0.4, -0.2) is 32.6 Å². The van der Waals surface area contributed by atoms with Crippen molar-refractivity contribution in [2.45, 2.75) is 32.9 Å². The second kappa shape index (κ2) is 8.90. The molecule has 5 rings (SSSR count). The Balaban J connectivity index is 1.58. The van der Waals surface area contributed by atoms with E-state index in [9.17, 15) is 4.79 Å². The topological polar surface area (TPSA) is 71.1 Å². The molecule has 1 N–H and O–H groups in total. The molecule has 6 heteroatoms. The first kappa shape index (κ1) is 20.9. The van der Waals surface area contributed by atoms with Gasteiger partial charge in [-0.3, -0.25) is 14.9 Å². The highest BCUT2D eigenvalue weighted by molar-refractivity contribution is 6.00. The summed E-state index contributed by atoms with van der Waals surface area (Å²) in [6.07, 6.45) is 4.46. The number of hydrogen-bond acceptors (Lipinski definition) is 4. The summed E-state index contributed by atoms with van der Waals surface area (Å²) in [5.41, 5.74) is 6.50. The Hall–Kier alpha value is -3.93. The van der Waals surface area contributed by atoms with Crippen molar-refractivity contribution >= 4 is 5.91 Å². The van der Waals surface area contributed by atoms with Gasteiger partial charge in [-0.2, -0.15) is 5.10 Å². The lowest BCUT2D eigenvalue weighted by Gasteiger charge is -2.26. The largest absolute Gasteiger partial charge is 0.494 e. The first-order valence-electron chi connectivity index (χ1n) is 11.2. The molecule has 0 fully saturated rings. The van der Waals surface area contributed by atoms with Gasteiger partial charge >= 0.3 is 0 Å². The molecule has 2 aromatic carbocycles. The van der Waals surface area contributed by atoms with Crippen LogP contribution in [0.15, 0.2) is 73.1 Å². The summed E-state index contributed by atoms with van der Waals surface area (Å²) in [6, 6.07) is 19.9. The minimum absolute atomic E-state index is 0.0519. The molecule has 0 aliphatic carbocycles. The van der Waals surface area contributed by atoms with E-state index in [0.29, 0.717) is 18.8 Å². The van der Waals surface area contributed by atoms with Gasteiger partial charge in [0.2, 0.25) is 0 Å². The summed E-state index contributed by atoms with van der Waals surface area (Å²) in [5, 5.41) is 7.58. The summed E-state index contributed by atoms with van der Waals surface area (Å²) < 4.78 is 5.77. The van der Waals surface area contributed by atoms with Crippen LogP contribution in [0, 0.1) is 6.92 Å². The van der Waals surface area contributed by atoms with Crippen LogP contribution < -0.4 is 4.74 Å². The summed E-state index contributed by atoms with van der Waals surface area (Å²) in [5.74, 6) is 0.778. The second-order valence-electron chi connectivity index (χ2n) is 8.34. The van der Waals surface area contributed by atoms with Crippen LogP contribution in [0.25, 0.3) is 11.3 Å². The van der Waals surface area contributed by atoms with Gasteiger partial charge in [0.15, 0.2) is 0 Å². The molecule has 166 valence electrons. The molecule has 0 bridgehead atoms. The van der Waals surface area contributed by atoms with E-state index >= 15 is 0 Å². The fourth-order valence-electron chi connectivity index (χ4n) is 4.29. The molecule has 1 aliphatic rings. The van der Waals surface area contributed by atoms with Gasteiger partial charge in [-0.1, -0.05) is 48.9 Å². The lowest BCUT2D eigenvalue weighted by atomic mass is 9.95. The molecule has 4 aromatic rings. The van der Waals surface area contributed by atoms with Crippen LogP contribution in [0.4, 0.5) is 0 Å². The molecule has 0 saturated carbocycles. The minimum atomic E-state index is -0.254. The number of pyridine rings is 1. The standard InChI is InChI=1S/C27H26N4O2/c1-3-16-33-22-10-8-21(9-11-22)26-23-24(20-6-4-18(2)5-7-20)29-30-25(23)27(32)31(26)17-19-12-14-28-15-13-19/h4-15,26H,3,16-17H2,1-2H3,(H,29,30). The van der Waals surface area contributed by atoms with E-state index in [1.54, 1.807) is 12.4 Å². The third-order valence-corrected chi connectivity index (χ3v) is 5.96. The fourth-order valence-corrected chi connectivity index (χ4v) is 4.29. The van der Waals surface area contributed by atoms with Crippen molar-refractivity contribution in [3.8, 4) is 17.0 Å². The van der Waals surface area contributed by atoms with E-state index in [-0.39, 0.29) is 11.9 Å². The summed E-state index contributed by atoms with van der Waals surface area (Å²) in [7, 11) is 0. The Bertz CT molecular complexity index is 1250. The normalized spacial score (nSPS) is 15.0. The molecule has 1 unspecified atom stereocenters. The molecule has 33 heavy (non-hydrogen) atoms. The lowest BCUT2D eigenvalue weighted by molar-refractivity contribution is 0.0730. The average molecular weight is 439 g/mol. The van der Waals surface area contributed by atoms with Crippen LogP contribution in [-0.2, 0) is 6.54 Å². The number of aryl methyl sites for hydroxylation is 1. The first-order chi connectivity index (χ1) is 16.2. The van der Waals surface area contributed by atoms with Crippen LogP contribution in [0.2, 0.25) is 0 Å². The molecule has 1 atom stereocenters. The summed E-state index contributed by atoms with van der Waals surface area (Å²) in [4.78, 5) is 19.5. The van der Waals surface area contributed by atoms with E-state index in [4.69, 9.17) is 4.74 Å². The highest BCUT2D eigenvalue weighted by Gasteiger charge is 2.42. The maximum Gasteiger partial charge on any atom is 0.273 e. The third kappa shape index (κ3) is 4.00. The number of aromatic nitrogens is 3. The Labute approximate surface area is 193 Å². The maximum absolute atomic E-state index is 13.5. The molecule has 1 amide bonds. The first-order valence-corrected chi connectivity index (χ1v) is 11.2. The predicted molar refractivity (Wildman–Crippen MR) is 127 cm³/mol. The van der Waals surface area contributed by atoms with Gasteiger partial charge in [-0.15, -0.1) is 0 Å². The Kier molecular flexibility index (Phi) is 5.65. The Morgan fingerprint density at radius 1 is 1.00 bits per heavy atom. The second-order valence-corrected chi connectivity index (χ2v) is 8.34. The molecular weight excluding hydrogens is 412 g/mol. The third-order valence-electron chi connectivity index (χ3n) is 5.96. The van der Waals surface area contributed by atoms with Crippen molar-refractivity contribution in [3.05, 3.63) is 101 Å². The smallest absolute Gasteiger partial charge is 0.273 e. The monoisotopic (exact) mass is 438 g/mol. The molecule has 2 aromatic heterocycles. The minimum Gasteiger partial charge on any atom is -0.494 e. The van der Waals surface area contributed by atoms with Crippen LogP contribution in [0.5, 0.6) is 5.75 Å². The number of nitrogens with one attached hydrogen (secondary N) is 1. The van der Waals surface area contributed by atoms with Crippen molar-refractivity contribution < 1.29 is 9.53 Å². The molecular formula is C27H26N4O2. The predicted octanol–water partition coefficient (Wildman–Crippen LogP) is 5.31. The van der Waals surface area contributed by atoms with Gasteiger partial charge in [-0.05, 0) is 48.7 Å². The Morgan fingerprint density at radius 2 is 1.73 bits per heavy atom. The number of carbonyl (C=O) groups excluding carboxylic acids is 1. The number of fused-ring (bicyclic) bond motifs is 1. The number of carbonyl (C=O) groups is 1. The SMILES string of the molecule is CCCOc1ccc(C2c3c(-c4ccc(C)cc4)n[nH]c3C(=O)N2Cc2ccncc2)cc1. The molecule has 6 nitrogen and oxygen atoms in total. The number of amides is 1. The number of H-pyrrole nitrogens is 1. The number of benzene rings is 2. The Morgan fingerprint density at radius 3 is 2.42 bits per heavy atom. The zero-order chi connectivity index (χ0) is 22.8. The van der Waals surface area contributed by atoms with Crippen molar-refractivity contribution in [2.24, 2.45) is 0 Å². The van der Waals surface area contributed by atoms with Crippen molar-refractivity contribution in [1.29, 1.82) is 0 Å². The molecule has 0 radical (unpaired) electrons. The van der Waals surface area contributed by atoms with Crippen molar-refractivity contribution in [1.82, 2.24) is 20.1 Å². The van der Waals surface area contributed by atoms with Crippen LogP contribution in [0.3, 0.4) is 0 Å². The quantitative estimate of drug-likeness (QED) is 0.424. The van der Waals surface area contributed by atoms with Gasteiger partial charge in [-0.25, -0.2) is 0 Å². The molecule has 1 aliphatic heterocycles. The van der Waals surface area contributed by atoms with Crippen molar-refractivity contribution in [2.75, 3.05) is 6.61 Å². The van der Waals surface area contributed by atoms with Gasteiger partial charge in [0, 0.05) is 30.1 Å². The molecule has 0 spiro atoms. The van der Waals surface area contributed by atoms with Crippen LogP contribution >= 0.6 is 0 Å². The summed E-state index contributed by atoms with van der Waals surface area (Å²) in [6.45, 7) is 5.31. The lowest BCUT2D eigenvalue weighted by Crippen LogP contribution is -2.29. The van der Waals surface area contributed by atoms with E-state index in [1.807, 2.05) is 41.3 Å². The number of hydrogen-bond donors (Lipinski definition) is 1. The number of rotatable bonds is 7. The zero-order valence-electron chi connectivity index (χ0n) is 18.8. The highest BCUT2D eigenvalue weighted by Crippen LogP contribution is 2.43. The van der Waals surface area contributed by atoms with E-state index in [0.717, 1.165) is 40.1 Å². The van der Waals surface area contributed by atoms with Gasteiger partial charge < -0.3 is 9.64 Å². The molecule has 3 heterocycles. The molecule has 0 saturated heterocycles.